The lowest BCUT2D eigenvalue weighted by Crippen LogP contribution is -2.01. The average molecular weight is 283 g/mol. The fraction of sp³-hybridized carbons (Fsp3) is 0.308. The van der Waals surface area contributed by atoms with Crippen molar-refractivity contribution in [1.29, 1.82) is 0 Å². The molecule has 0 aliphatic heterocycles. The number of hydrogen-bond acceptors (Lipinski definition) is 3. The van der Waals surface area contributed by atoms with Crippen molar-refractivity contribution < 1.29 is 4.74 Å². The maximum Gasteiger partial charge on any atom is 0.234 e. The van der Waals surface area contributed by atoms with Crippen LogP contribution in [0.2, 0.25) is 5.02 Å². The Morgan fingerprint density at radius 2 is 2.22 bits per heavy atom. The number of ether oxygens (including phenoxy) is 1. The molecule has 1 aromatic heterocycles. The number of rotatable bonds is 5. The summed E-state index contributed by atoms with van der Waals surface area (Å²) in [4.78, 5) is 0. The van der Waals surface area contributed by atoms with Gasteiger partial charge in [-0.15, -0.1) is 5.10 Å². The number of hydrogen-bond donors (Lipinski definition) is 1. The Kier molecular flexibility index (Phi) is 4.55. The van der Waals surface area contributed by atoms with Crippen molar-refractivity contribution in [1.82, 2.24) is 9.19 Å². The zero-order valence-corrected chi connectivity index (χ0v) is 11.8. The normalized spacial score (nSPS) is 10.6. The van der Waals surface area contributed by atoms with E-state index in [-0.39, 0.29) is 0 Å². The standard InChI is InChI=1S/C13H15ClN2OS/c1-2-4-10-5-3-6-12(14)11(10)9-17-13-7-8-16(18)15-13/h3,5-8,18H,2,4,9H2,1H3. The Labute approximate surface area is 117 Å². The highest BCUT2D eigenvalue weighted by Crippen LogP contribution is 2.23. The molecule has 0 amide bonds. The van der Waals surface area contributed by atoms with Crippen molar-refractivity contribution in [3.63, 3.8) is 0 Å². The summed E-state index contributed by atoms with van der Waals surface area (Å²) in [5, 5.41) is 4.79. The quantitative estimate of drug-likeness (QED) is 0.846. The second-order valence-electron chi connectivity index (χ2n) is 3.99. The first kappa shape index (κ1) is 13.3. The van der Waals surface area contributed by atoms with Crippen LogP contribution in [0.25, 0.3) is 0 Å². The summed E-state index contributed by atoms with van der Waals surface area (Å²) in [5.41, 5.74) is 2.27. The van der Waals surface area contributed by atoms with Gasteiger partial charge in [-0.3, -0.25) is 0 Å². The molecule has 0 spiro atoms. The van der Waals surface area contributed by atoms with Crippen molar-refractivity contribution >= 4 is 24.4 Å². The van der Waals surface area contributed by atoms with E-state index < -0.39 is 0 Å². The van der Waals surface area contributed by atoms with E-state index in [0.29, 0.717) is 12.5 Å². The summed E-state index contributed by atoms with van der Waals surface area (Å²) in [6.07, 6.45) is 3.80. The second kappa shape index (κ2) is 6.16. The summed E-state index contributed by atoms with van der Waals surface area (Å²) in [7, 11) is 0. The van der Waals surface area contributed by atoms with Crippen molar-refractivity contribution in [3.8, 4) is 5.88 Å². The molecule has 18 heavy (non-hydrogen) atoms. The van der Waals surface area contributed by atoms with E-state index in [0.717, 1.165) is 23.4 Å². The van der Waals surface area contributed by atoms with E-state index in [9.17, 15) is 0 Å². The molecule has 0 bridgehead atoms. The zero-order valence-electron chi connectivity index (χ0n) is 10.1. The number of aromatic nitrogens is 2. The minimum Gasteiger partial charge on any atom is -0.472 e. The van der Waals surface area contributed by atoms with Gasteiger partial charge in [-0.2, -0.15) is 0 Å². The van der Waals surface area contributed by atoms with Crippen LogP contribution in [0.15, 0.2) is 30.5 Å². The van der Waals surface area contributed by atoms with E-state index in [2.05, 4.69) is 30.9 Å². The van der Waals surface area contributed by atoms with E-state index in [1.807, 2.05) is 12.1 Å². The number of nitrogens with zero attached hydrogens (tertiary/aromatic N) is 2. The van der Waals surface area contributed by atoms with Gasteiger partial charge in [0.05, 0.1) is 0 Å². The van der Waals surface area contributed by atoms with Crippen LogP contribution < -0.4 is 4.74 Å². The van der Waals surface area contributed by atoms with Gasteiger partial charge >= 0.3 is 0 Å². The van der Waals surface area contributed by atoms with Gasteiger partial charge in [0, 0.05) is 22.8 Å². The van der Waals surface area contributed by atoms with E-state index >= 15 is 0 Å². The number of thiol groups is 1. The fourth-order valence-electron chi connectivity index (χ4n) is 1.79. The number of benzene rings is 1. The first-order valence-electron chi connectivity index (χ1n) is 5.84. The van der Waals surface area contributed by atoms with Crippen molar-refractivity contribution in [2.45, 2.75) is 26.4 Å². The molecule has 0 aliphatic rings. The molecular formula is C13H15ClN2OS. The van der Waals surface area contributed by atoms with Crippen LogP contribution in [0.5, 0.6) is 5.88 Å². The minimum atomic E-state index is 0.430. The van der Waals surface area contributed by atoms with Gasteiger partial charge in [0.25, 0.3) is 0 Å². The van der Waals surface area contributed by atoms with Crippen LogP contribution in [-0.2, 0) is 13.0 Å². The second-order valence-corrected chi connectivity index (χ2v) is 4.81. The lowest BCUT2D eigenvalue weighted by Gasteiger charge is -2.11. The summed E-state index contributed by atoms with van der Waals surface area (Å²) in [6, 6.07) is 7.71. The fourth-order valence-corrected chi connectivity index (χ4v) is 2.19. The molecule has 0 radical (unpaired) electrons. The molecule has 1 aromatic carbocycles. The lowest BCUT2D eigenvalue weighted by molar-refractivity contribution is 0.292. The third-order valence-electron chi connectivity index (χ3n) is 2.65. The molecule has 96 valence electrons. The largest absolute Gasteiger partial charge is 0.472 e. The Hall–Kier alpha value is -1.13. The molecule has 0 saturated heterocycles. The summed E-state index contributed by atoms with van der Waals surface area (Å²) in [6.45, 7) is 2.58. The van der Waals surface area contributed by atoms with Gasteiger partial charge in [0.2, 0.25) is 5.88 Å². The van der Waals surface area contributed by atoms with Crippen LogP contribution >= 0.6 is 24.4 Å². The first-order chi connectivity index (χ1) is 8.70. The molecular weight excluding hydrogens is 268 g/mol. The summed E-state index contributed by atoms with van der Waals surface area (Å²) < 4.78 is 7.03. The maximum absolute atomic E-state index is 6.22. The number of aryl methyl sites for hydroxylation is 1. The highest BCUT2D eigenvalue weighted by molar-refractivity contribution is 7.78. The van der Waals surface area contributed by atoms with Crippen LogP contribution in [-0.4, -0.2) is 9.19 Å². The molecule has 0 unspecified atom stereocenters. The topological polar surface area (TPSA) is 27.1 Å². The van der Waals surface area contributed by atoms with Crippen LogP contribution in [0.4, 0.5) is 0 Å². The highest BCUT2D eigenvalue weighted by atomic mass is 35.5. The molecule has 0 N–H and O–H groups in total. The van der Waals surface area contributed by atoms with Gasteiger partial charge in [0.15, 0.2) is 0 Å². The van der Waals surface area contributed by atoms with E-state index in [1.165, 1.54) is 9.65 Å². The molecule has 3 nitrogen and oxygen atoms in total. The molecule has 1 heterocycles. The minimum absolute atomic E-state index is 0.430. The van der Waals surface area contributed by atoms with Gasteiger partial charge in [-0.05, 0) is 30.9 Å². The Morgan fingerprint density at radius 3 is 2.89 bits per heavy atom. The summed E-state index contributed by atoms with van der Waals surface area (Å²) >= 11 is 10.3. The van der Waals surface area contributed by atoms with Crippen LogP contribution in [0.3, 0.4) is 0 Å². The van der Waals surface area contributed by atoms with Gasteiger partial charge in [-0.25, -0.2) is 4.09 Å². The number of halogens is 1. The molecule has 2 aromatic rings. The molecule has 0 saturated carbocycles. The van der Waals surface area contributed by atoms with Gasteiger partial charge in [-0.1, -0.05) is 37.1 Å². The van der Waals surface area contributed by atoms with Gasteiger partial charge in [0.1, 0.15) is 6.61 Å². The molecule has 5 heteroatoms. The van der Waals surface area contributed by atoms with Crippen molar-refractivity contribution in [2.24, 2.45) is 0 Å². The monoisotopic (exact) mass is 282 g/mol. The predicted molar refractivity (Wildman–Crippen MR) is 76.4 cm³/mol. The van der Waals surface area contributed by atoms with E-state index in [4.69, 9.17) is 16.3 Å². The SMILES string of the molecule is CCCc1cccc(Cl)c1COc1ccn(S)n1. The average Bonchev–Trinajstić information content (AvgIpc) is 2.75. The molecule has 0 atom stereocenters. The third-order valence-corrected chi connectivity index (χ3v) is 3.23. The van der Waals surface area contributed by atoms with Crippen LogP contribution in [0.1, 0.15) is 24.5 Å². The smallest absolute Gasteiger partial charge is 0.234 e. The molecule has 2 rings (SSSR count). The Bertz CT molecular complexity index is 527. The summed E-state index contributed by atoms with van der Waals surface area (Å²) in [5.74, 6) is 0.548. The van der Waals surface area contributed by atoms with E-state index in [1.54, 1.807) is 12.3 Å². The highest BCUT2D eigenvalue weighted by Gasteiger charge is 2.08. The molecule has 0 fully saturated rings. The molecule has 0 aliphatic carbocycles. The lowest BCUT2D eigenvalue weighted by atomic mass is 10.0. The third kappa shape index (κ3) is 3.21. The maximum atomic E-state index is 6.22. The van der Waals surface area contributed by atoms with Crippen molar-refractivity contribution in [3.05, 3.63) is 46.6 Å². The first-order valence-corrected chi connectivity index (χ1v) is 6.62. The van der Waals surface area contributed by atoms with Crippen LogP contribution in [0, 0.1) is 0 Å². The van der Waals surface area contributed by atoms with Crippen molar-refractivity contribution in [2.75, 3.05) is 0 Å². The Morgan fingerprint density at radius 1 is 1.39 bits per heavy atom. The van der Waals surface area contributed by atoms with Gasteiger partial charge < -0.3 is 4.74 Å². The Balaban J connectivity index is 2.12. The predicted octanol–water partition coefficient (Wildman–Crippen LogP) is 3.76. The zero-order chi connectivity index (χ0) is 13.0.